The van der Waals surface area contributed by atoms with Gasteiger partial charge in [0.25, 0.3) is 5.91 Å². The molecule has 2 aliphatic heterocycles. The van der Waals surface area contributed by atoms with Crippen molar-refractivity contribution in [3.63, 3.8) is 0 Å². The van der Waals surface area contributed by atoms with Gasteiger partial charge in [-0.2, -0.15) is 0 Å². The standard InChI is InChI=1S/C20H28N4O2/c1-24(13-18-16-9-5-6-10-17(16)21-22-18)20(25)19-12-15(23-26-19)11-14-7-3-2-4-8-14/h2-4,7-8,16-19,21-22H,5-6,9-13H2,1H3. The first-order valence-electron chi connectivity index (χ1n) is 9.72. The topological polar surface area (TPSA) is 66.0 Å². The van der Waals surface area contributed by atoms with E-state index in [9.17, 15) is 4.79 Å². The monoisotopic (exact) mass is 356 g/mol. The van der Waals surface area contributed by atoms with Crippen LogP contribution in [0.1, 0.15) is 37.7 Å². The van der Waals surface area contributed by atoms with Gasteiger partial charge in [-0.1, -0.05) is 48.3 Å². The van der Waals surface area contributed by atoms with Crippen LogP contribution in [0.25, 0.3) is 0 Å². The lowest BCUT2D eigenvalue weighted by molar-refractivity contribution is -0.141. The summed E-state index contributed by atoms with van der Waals surface area (Å²) < 4.78 is 0. The molecule has 0 spiro atoms. The molecule has 1 saturated carbocycles. The number of amides is 1. The van der Waals surface area contributed by atoms with Crippen LogP contribution in [-0.4, -0.2) is 48.3 Å². The maximum atomic E-state index is 12.8. The number of carbonyl (C=O) groups is 1. The molecule has 1 saturated heterocycles. The number of rotatable bonds is 5. The molecule has 1 aliphatic carbocycles. The second kappa shape index (κ2) is 7.76. The number of carbonyl (C=O) groups excluding carboxylic acids is 1. The Balaban J connectivity index is 1.28. The largest absolute Gasteiger partial charge is 0.382 e. The first kappa shape index (κ1) is 17.5. The second-order valence-electron chi connectivity index (χ2n) is 7.79. The van der Waals surface area contributed by atoms with Crippen molar-refractivity contribution in [2.24, 2.45) is 11.1 Å². The van der Waals surface area contributed by atoms with Crippen molar-refractivity contribution >= 4 is 11.6 Å². The zero-order valence-corrected chi connectivity index (χ0v) is 15.4. The third-order valence-corrected chi connectivity index (χ3v) is 5.89. The maximum Gasteiger partial charge on any atom is 0.266 e. The van der Waals surface area contributed by atoms with E-state index in [0.29, 0.717) is 31.0 Å². The molecule has 26 heavy (non-hydrogen) atoms. The van der Waals surface area contributed by atoms with E-state index in [1.807, 2.05) is 30.1 Å². The summed E-state index contributed by atoms with van der Waals surface area (Å²) in [6.45, 7) is 0.709. The maximum absolute atomic E-state index is 12.8. The summed E-state index contributed by atoms with van der Waals surface area (Å²) in [4.78, 5) is 20.0. The fraction of sp³-hybridized carbons (Fsp3) is 0.600. The molecule has 1 aromatic rings. The number of hydrogen-bond donors (Lipinski definition) is 2. The molecule has 1 amide bonds. The van der Waals surface area contributed by atoms with E-state index in [0.717, 1.165) is 12.1 Å². The Morgan fingerprint density at radius 2 is 2.04 bits per heavy atom. The minimum absolute atomic E-state index is 0.0258. The van der Waals surface area contributed by atoms with E-state index >= 15 is 0 Å². The number of oxime groups is 1. The number of nitrogens with one attached hydrogen (secondary N) is 2. The van der Waals surface area contributed by atoms with Gasteiger partial charge in [0, 0.05) is 38.5 Å². The summed E-state index contributed by atoms with van der Waals surface area (Å²) in [5, 5.41) is 4.15. The van der Waals surface area contributed by atoms with Gasteiger partial charge in [-0.3, -0.25) is 15.6 Å². The quantitative estimate of drug-likeness (QED) is 0.845. The zero-order chi connectivity index (χ0) is 17.9. The molecule has 6 heteroatoms. The summed E-state index contributed by atoms with van der Waals surface area (Å²) in [6, 6.07) is 11.1. The molecule has 4 unspecified atom stereocenters. The van der Waals surface area contributed by atoms with Crippen molar-refractivity contribution in [1.29, 1.82) is 0 Å². The Morgan fingerprint density at radius 3 is 2.88 bits per heavy atom. The van der Waals surface area contributed by atoms with Crippen LogP contribution in [-0.2, 0) is 16.1 Å². The molecule has 3 aliphatic rings. The van der Waals surface area contributed by atoms with Crippen molar-refractivity contribution < 1.29 is 9.63 Å². The Labute approximate surface area is 154 Å². The first-order valence-corrected chi connectivity index (χ1v) is 9.72. The molecular weight excluding hydrogens is 328 g/mol. The van der Waals surface area contributed by atoms with Crippen LogP contribution in [0.5, 0.6) is 0 Å². The minimum Gasteiger partial charge on any atom is -0.382 e. The summed E-state index contributed by atoms with van der Waals surface area (Å²) in [5.74, 6) is 0.645. The number of nitrogens with zero attached hydrogens (tertiary/aromatic N) is 2. The van der Waals surface area contributed by atoms with Gasteiger partial charge < -0.3 is 9.74 Å². The molecule has 140 valence electrons. The number of fused-ring (bicyclic) bond motifs is 1. The number of likely N-dealkylation sites (N-methyl/N-ethyl adjacent to an activating group) is 1. The van der Waals surface area contributed by atoms with Gasteiger partial charge in [-0.25, -0.2) is 0 Å². The van der Waals surface area contributed by atoms with Crippen molar-refractivity contribution in [1.82, 2.24) is 15.8 Å². The lowest BCUT2D eigenvalue weighted by atomic mass is 9.81. The van der Waals surface area contributed by atoms with Crippen molar-refractivity contribution in [2.75, 3.05) is 13.6 Å². The molecule has 0 bridgehead atoms. The van der Waals surface area contributed by atoms with Gasteiger partial charge in [0.2, 0.25) is 6.10 Å². The van der Waals surface area contributed by atoms with Crippen molar-refractivity contribution in [3.05, 3.63) is 35.9 Å². The summed E-state index contributed by atoms with van der Waals surface area (Å²) >= 11 is 0. The number of benzene rings is 1. The van der Waals surface area contributed by atoms with Gasteiger partial charge >= 0.3 is 0 Å². The molecule has 2 N–H and O–H groups in total. The highest BCUT2D eigenvalue weighted by Gasteiger charge is 2.39. The van der Waals surface area contributed by atoms with E-state index < -0.39 is 6.10 Å². The fourth-order valence-electron chi connectivity index (χ4n) is 4.45. The van der Waals surface area contributed by atoms with Crippen molar-refractivity contribution in [3.8, 4) is 0 Å². The fourth-order valence-corrected chi connectivity index (χ4v) is 4.45. The SMILES string of the molecule is CN(CC1NNC2CCCCC21)C(=O)C1CC(Cc2ccccc2)=NO1. The van der Waals surface area contributed by atoms with Gasteiger partial charge in [0.05, 0.1) is 5.71 Å². The predicted octanol–water partition coefficient (Wildman–Crippen LogP) is 1.87. The summed E-state index contributed by atoms with van der Waals surface area (Å²) in [5.41, 5.74) is 8.95. The normalized spacial score (nSPS) is 30.4. The Morgan fingerprint density at radius 1 is 1.23 bits per heavy atom. The molecule has 2 fully saturated rings. The van der Waals surface area contributed by atoms with Crippen molar-refractivity contribution in [2.45, 2.75) is 56.7 Å². The van der Waals surface area contributed by atoms with Crippen LogP contribution in [0.4, 0.5) is 0 Å². The number of hydrazine groups is 1. The average molecular weight is 356 g/mol. The van der Waals surface area contributed by atoms with Gasteiger partial charge in [0.1, 0.15) is 0 Å². The Kier molecular flexibility index (Phi) is 5.22. The van der Waals surface area contributed by atoms with Crippen LogP contribution >= 0.6 is 0 Å². The molecule has 0 radical (unpaired) electrons. The van der Waals surface area contributed by atoms with Crippen LogP contribution in [0.15, 0.2) is 35.5 Å². The smallest absolute Gasteiger partial charge is 0.266 e. The minimum atomic E-state index is -0.477. The highest BCUT2D eigenvalue weighted by Crippen LogP contribution is 2.30. The molecule has 6 nitrogen and oxygen atoms in total. The van der Waals surface area contributed by atoms with Crippen LogP contribution < -0.4 is 10.9 Å². The van der Waals surface area contributed by atoms with E-state index in [4.69, 9.17) is 4.84 Å². The summed E-state index contributed by atoms with van der Waals surface area (Å²) in [6.07, 6.45) is 5.91. The highest BCUT2D eigenvalue weighted by molar-refractivity contribution is 5.93. The predicted molar refractivity (Wildman–Crippen MR) is 101 cm³/mol. The Bertz CT molecular complexity index is 663. The van der Waals surface area contributed by atoms with Crippen LogP contribution in [0.2, 0.25) is 0 Å². The molecule has 4 rings (SSSR count). The van der Waals surface area contributed by atoms with E-state index in [2.05, 4.69) is 28.1 Å². The second-order valence-corrected chi connectivity index (χ2v) is 7.79. The van der Waals surface area contributed by atoms with Gasteiger partial charge in [-0.05, 0) is 24.3 Å². The summed E-state index contributed by atoms with van der Waals surface area (Å²) in [7, 11) is 1.87. The average Bonchev–Trinajstić information content (AvgIpc) is 3.29. The number of hydrogen-bond acceptors (Lipinski definition) is 5. The molecular formula is C20H28N4O2. The third kappa shape index (κ3) is 3.76. The lowest BCUT2D eigenvalue weighted by Gasteiger charge is -2.30. The van der Waals surface area contributed by atoms with Crippen LogP contribution in [0, 0.1) is 5.92 Å². The highest BCUT2D eigenvalue weighted by atomic mass is 16.6. The molecule has 2 heterocycles. The zero-order valence-electron chi connectivity index (χ0n) is 15.4. The van der Waals surface area contributed by atoms with Gasteiger partial charge in [-0.15, -0.1) is 0 Å². The third-order valence-electron chi connectivity index (χ3n) is 5.89. The molecule has 0 aromatic heterocycles. The molecule has 4 atom stereocenters. The molecule has 1 aromatic carbocycles. The van der Waals surface area contributed by atoms with E-state index in [-0.39, 0.29) is 5.91 Å². The van der Waals surface area contributed by atoms with E-state index in [1.54, 1.807) is 0 Å². The van der Waals surface area contributed by atoms with Crippen LogP contribution in [0.3, 0.4) is 0 Å². The van der Waals surface area contributed by atoms with Gasteiger partial charge in [0.15, 0.2) is 0 Å². The Hall–Kier alpha value is -1.92. The lowest BCUT2D eigenvalue weighted by Crippen LogP contribution is -2.46. The van der Waals surface area contributed by atoms with E-state index in [1.165, 1.54) is 31.2 Å². The first-order chi connectivity index (χ1) is 12.7.